The standard InChI is InChI=1S/C16H22F3N.C11H14N4/c17-16(18,19)15-9-5-4-8-14(15)10-11-20-12-13-6-2-1-3-7-13;1-12-11-13-9-7-5-4-6-8(9)10(14-11)15(2)3/h4-5,8-9,13,20H,1-3,6-7,10-12H2;4-7H,1-3H3,(H,12,13,14). The SMILES string of the molecule is CNc1nc(N(C)C)c2ccccc2n1.FC(F)(F)c1ccccc1CCNCC1CCCCC1. The number of rotatable bonds is 7. The summed E-state index contributed by atoms with van der Waals surface area (Å²) < 4.78 is 38.5. The quantitative estimate of drug-likeness (QED) is 0.391. The zero-order valence-electron chi connectivity index (χ0n) is 20.8. The highest BCUT2D eigenvalue weighted by Crippen LogP contribution is 2.32. The van der Waals surface area contributed by atoms with Gasteiger partial charge in [0.2, 0.25) is 5.95 Å². The van der Waals surface area contributed by atoms with Crippen molar-refractivity contribution in [1.29, 1.82) is 0 Å². The summed E-state index contributed by atoms with van der Waals surface area (Å²) in [5.41, 5.74) is 0.844. The van der Waals surface area contributed by atoms with Gasteiger partial charge in [0.15, 0.2) is 0 Å². The molecule has 1 aliphatic rings. The monoisotopic (exact) mass is 487 g/mol. The van der Waals surface area contributed by atoms with Gasteiger partial charge in [0.25, 0.3) is 0 Å². The Morgan fingerprint density at radius 2 is 1.63 bits per heavy atom. The minimum absolute atomic E-state index is 0.385. The van der Waals surface area contributed by atoms with Crippen molar-refractivity contribution >= 4 is 22.7 Å². The Morgan fingerprint density at radius 1 is 0.943 bits per heavy atom. The normalized spacial score (nSPS) is 14.3. The highest BCUT2D eigenvalue weighted by atomic mass is 19.4. The Bertz CT molecular complexity index is 1060. The van der Waals surface area contributed by atoms with Crippen molar-refractivity contribution in [1.82, 2.24) is 15.3 Å². The summed E-state index contributed by atoms with van der Waals surface area (Å²) in [7, 11) is 5.78. The van der Waals surface area contributed by atoms with Gasteiger partial charge in [-0.1, -0.05) is 49.6 Å². The molecule has 0 unspecified atom stereocenters. The summed E-state index contributed by atoms with van der Waals surface area (Å²) in [4.78, 5) is 10.8. The number of anilines is 2. The number of hydrogen-bond acceptors (Lipinski definition) is 5. The first-order valence-corrected chi connectivity index (χ1v) is 12.3. The van der Waals surface area contributed by atoms with Gasteiger partial charge in [0.1, 0.15) is 5.82 Å². The maximum Gasteiger partial charge on any atom is 0.416 e. The number of hydrogen-bond donors (Lipinski definition) is 2. The van der Waals surface area contributed by atoms with Gasteiger partial charge in [-0.2, -0.15) is 18.2 Å². The topological polar surface area (TPSA) is 53.1 Å². The van der Waals surface area contributed by atoms with Crippen LogP contribution in [0.5, 0.6) is 0 Å². The van der Waals surface area contributed by atoms with Crippen LogP contribution in [-0.4, -0.2) is 44.2 Å². The summed E-state index contributed by atoms with van der Waals surface area (Å²) >= 11 is 0. The molecule has 2 aromatic carbocycles. The van der Waals surface area contributed by atoms with Crippen molar-refractivity contribution in [2.24, 2.45) is 5.92 Å². The Kier molecular flexibility index (Phi) is 9.72. The van der Waals surface area contributed by atoms with E-state index in [1.54, 1.807) is 12.1 Å². The predicted molar refractivity (Wildman–Crippen MR) is 138 cm³/mol. The fraction of sp³-hybridized carbons (Fsp3) is 0.481. The molecule has 3 aromatic rings. The summed E-state index contributed by atoms with van der Waals surface area (Å²) in [5.74, 6) is 2.30. The van der Waals surface area contributed by atoms with Gasteiger partial charge in [0, 0.05) is 26.5 Å². The van der Waals surface area contributed by atoms with Gasteiger partial charge in [-0.25, -0.2) is 4.98 Å². The summed E-state index contributed by atoms with van der Waals surface area (Å²) in [6, 6.07) is 13.9. The van der Waals surface area contributed by atoms with Crippen LogP contribution in [0.2, 0.25) is 0 Å². The van der Waals surface area contributed by atoms with E-state index in [1.807, 2.05) is 50.3 Å². The molecular weight excluding hydrogens is 451 g/mol. The zero-order valence-corrected chi connectivity index (χ0v) is 20.8. The first kappa shape index (κ1) is 26.7. The van der Waals surface area contributed by atoms with Crippen LogP contribution in [0.3, 0.4) is 0 Å². The third-order valence-electron chi connectivity index (χ3n) is 6.28. The van der Waals surface area contributed by atoms with Crippen LogP contribution in [0.4, 0.5) is 24.9 Å². The van der Waals surface area contributed by atoms with E-state index in [1.165, 1.54) is 38.2 Å². The van der Waals surface area contributed by atoms with Crippen LogP contribution in [0, 0.1) is 5.92 Å². The molecule has 1 fully saturated rings. The van der Waals surface area contributed by atoms with Crippen molar-refractivity contribution in [3.8, 4) is 0 Å². The Hall–Kier alpha value is -2.87. The molecule has 0 atom stereocenters. The molecule has 4 rings (SSSR count). The number of alkyl halides is 3. The molecule has 0 aliphatic heterocycles. The minimum atomic E-state index is -4.25. The minimum Gasteiger partial charge on any atom is -0.362 e. The van der Waals surface area contributed by atoms with E-state index < -0.39 is 11.7 Å². The molecule has 1 saturated carbocycles. The predicted octanol–water partition coefficient (Wildman–Crippen LogP) is 6.16. The van der Waals surface area contributed by atoms with E-state index in [0.29, 0.717) is 30.4 Å². The lowest BCUT2D eigenvalue weighted by Gasteiger charge is -2.22. The summed E-state index contributed by atoms with van der Waals surface area (Å²) in [6.45, 7) is 1.55. The van der Waals surface area contributed by atoms with Crippen molar-refractivity contribution < 1.29 is 13.2 Å². The number of benzene rings is 2. The van der Waals surface area contributed by atoms with Gasteiger partial charge in [-0.05, 0) is 62.0 Å². The number of para-hydroxylation sites is 1. The largest absolute Gasteiger partial charge is 0.416 e. The fourth-order valence-corrected chi connectivity index (χ4v) is 4.45. The summed E-state index contributed by atoms with van der Waals surface area (Å²) in [6.07, 6.45) is 2.61. The Morgan fingerprint density at radius 3 is 2.31 bits per heavy atom. The van der Waals surface area contributed by atoms with Gasteiger partial charge in [0.05, 0.1) is 11.1 Å². The lowest BCUT2D eigenvalue weighted by atomic mass is 9.89. The Balaban J connectivity index is 0.000000203. The molecule has 0 amide bonds. The van der Waals surface area contributed by atoms with Gasteiger partial charge < -0.3 is 15.5 Å². The average molecular weight is 488 g/mol. The molecule has 8 heteroatoms. The van der Waals surface area contributed by atoms with Crippen LogP contribution in [0.1, 0.15) is 43.2 Å². The number of nitrogens with zero attached hydrogens (tertiary/aromatic N) is 3. The lowest BCUT2D eigenvalue weighted by Crippen LogP contribution is -2.26. The van der Waals surface area contributed by atoms with E-state index in [2.05, 4.69) is 20.6 Å². The number of nitrogens with one attached hydrogen (secondary N) is 2. The molecule has 5 nitrogen and oxygen atoms in total. The molecule has 190 valence electrons. The average Bonchev–Trinajstić information content (AvgIpc) is 2.86. The van der Waals surface area contributed by atoms with Crippen molar-refractivity contribution in [3.63, 3.8) is 0 Å². The third-order valence-corrected chi connectivity index (χ3v) is 6.28. The second kappa shape index (κ2) is 12.7. The zero-order chi connectivity index (χ0) is 25.3. The highest BCUT2D eigenvalue weighted by molar-refractivity contribution is 5.90. The number of halogens is 3. The molecule has 0 spiro atoms. The van der Waals surface area contributed by atoms with E-state index in [0.717, 1.165) is 29.3 Å². The number of aromatic nitrogens is 2. The highest BCUT2D eigenvalue weighted by Gasteiger charge is 2.32. The number of fused-ring (bicyclic) bond motifs is 1. The van der Waals surface area contributed by atoms with Crippen LogP contribution >= 0.6 is 0 Å². The van der Waals surface area contributed by atoms with Gasteiger partial charge >= 0.3 is 6.18 Å². The Labute approximate surface area is 206 Å². The van der Waals surface area contributed by atoms with Crippen LogP contribution in [0.25, 0.3) is 10.9 Å². The second-order valence-electron chi connectivity index (χ2n) is 9.15. The van der Waals surface area contributed by atoms with Crippen molar-refractivity contribution in [2.45, 2.75) is 44.7 Å². The molecule has 0 bridgehead atoms. The van der Waals surface area contributed by atoms with E-state index in [-0.39, 0.29) is 0 Å². The molecule has 1 aliphatic carbocycles. The van der Waals surface area contributed by atoms with E-state index in [4.69, 9.17) is 0 Å². The van der Waals surface area contributed by atoms with Crippen LogP contribution < -0.4 is 15.5 Å². The maximum absolute atomic E-state index is 12.8. The van der Waals surface area contributed by atoms with E-state index >= 15 is 0 Å². The first-order chi connectivity index (χ1) is 16.8. The van der Waals surface area contributed by atoms with Crippen molar-refractivity contribution in [3.05, 3.63) is 59.7 Å². The molecular formula is C27H36F3N5. The first-order valence-electron chi connectivity index (χ1n) is 12.3. The smallest absolute Gasteiger partial charge is 0.362 e. The molecule has 2 N–H and O–H groups in total. The molecule has 0 saturated heterocycles. The van der Waals surface area contributed by atoms with E-state index in [9.17, 15) is 13.2 Å². The maximum atomic E-state index is 12.8. The molecule has 0 radical (unpaired) electrons. The second-order valence-corrected chi connectivity index (χ2v) is 9.15. The molecule has 1 heterocycles. The lowest BCUT2D eigenvalue weighted by molar-refractivity contribution is -0.138. The molecule has 35 heavy (non-hydrogen) atoms. The van der Waals surface area contributed by atoms with Crippen molar-refractivity contribution in [2.75, 3.05) is 44.4 Å². The van der Waals surface area contributed by atoms with Crippen LogP contribution in [-0.2, 0) is 12.6 Å². The van der Waals surface area contributed by atoms with Gasteiger partial charge in [-0.15, -0.1) is 0 Å². The molecule has 1 aromatic heterocycles. The third kappa shape index (κ3) is 7.82. The van der Waals surface area contributed by atoms with Gasteiger partial charge in [-0.3, -0.25) is 0 Å². The van der Waals surface area contributed by atoms with Crippen LogP contribution in [0.15, 0.2) is 48.5 Å². The summed E-state index contributed by atoms with van der Waals surface area (Å²) in [5, 5.41) is 7.35. The fourth-order valence-electron chi connectivity index (χ4n) is 4.45.